The monoisotopic (exact) mass is 255 g/mol. The molecule has 0 saturated heterocycles. The van der Waals surface area contributed by atoms with E-state index in [1.807, 2.05) is 4.57 Å². The molecule has 2 heterocycles. The summed E-state index contributed by atoms with van der Waals surface area (Å²) in [5, 5.41) is 11.0. The molecule has 0 radical (unpaired) electrons. The Morgan fingerprint density at radius 3 is 3.06 bits per heavy atom. The first-order valence-corrected chi connectivity index (χ1v) is 5.34. The van der Waals surface area contributed by atoms with Crippen molar-refractivity contribution in [1.82, 2.24) is 24.8 Å². The van der Waals surface area contributed by atoms with Gasteiger partial charge in [-0.05, 0) is 6.42 Å². The molecule has 8 heteroatoms. The van der Waals surface area contributed by atoms with E-state index in [0.717, 1.165) is 0 Å². The Morgan fingerprint density at radius 1 is 1.47 bits per heavy atom. The van der Waals surface area contributed by atoms with Crippen molar-refractivity contribution >= 4 is 28.9 Å². The number of rotatable bonds is 4. The summed E-state index contributed by atoms with van der Waals surface area (Å²) in [5.74, 6) is 0. The zero-order valence-corrected chi connectivity index (χ0v) is 9.55. The van der Waals surface area contributed by atoms with Crippen LogP contribution in [0.3, 0.4) is 0 Å². The van der Waals surface area contributed by atoms with Crippen LogP contribution in [0.25, 0.3) is 11.2 Å². The molecule has 0 aliphatic carbocycles. The molecule has 0 aromatic carbocycles. The van der Waals surface area contributed by atoms with E-state index >= 15 is 0 Å². The summed E-state index contributed by atoms with van der Waals surface area (Å²) in [5.41, 5.74) is 1.21. The molecule has 2 N–H and O–H groups in total. The maximum Gasteiger partial charge on any atom is 0.404 e. The summed E-state index contributed by atoms with van der Waals surface area (Å²) in [6.07, 6.45) is 2.62. The molecule has 0 saturated carbocycles. The maximum absolute atomic E-state index is 10.2. The van der Waals surface area contributed by atoms with Gasteiger partial charge in [0.1, 0.15) is 11.8 Å². The van der Waals surface area contributed by atoms with Gasteiger partial charge in [0, 0.05) is 13.1 Å². The largest absolute Gasteiger partial charge is 0.465 e. The summed E-state index contributed by atoms with van der Waals surface area (Å²) in [6, 6.07) is 0. The zero-order chi connectivity index (χ0) is 12.3. The van der Waals surface area contributed by atoms with Crippen molar-refractivity contribution in [2.45, 2.75) is 13.0 Å². The lowest BCUT2D eigenvalue weighted by Gasteiger charge is -2.03. The van der Waals surface area contributed by atoms with Crippen molar-refractivity contribution in [2.24, 2.45) is 0 Å². The molecule has 2 rings (SSSR count). The molecule has 0 bridgehead atoms. The van der Waals surface area contributed by atoms with Gasteiger partial charge in [0.25, 0.3) is 0 Å². The lowest BCUT2D eigenvalue weighted by molar-refractivity contribution is 0.194. The molecule has 0 aliphatic heterocycles. The van der Waals surface area contributed by atoms with Crippen molar-refractivity contribution < 1.29 is 9.90 Å². The minimum Gasteiger partial charge on any atom is -0.465 e. The Kier molecular flexibility index (Phi) is 3.38. The van der Waals surface area contributed by atoms with E-state index in [4.69, 9.17) is 16.7 Å². The second-order valence-corrected chi connectivity index (χ2v) is 3.72. The average molecular weight is 256 g/mol. The number of amides is 1. The van der Waals surface area contributed by atoms with Gasteiger partial charge in [0.2, 0.25) is 0 Å². The van der Waals surface area contributed by atoms with Gasteiger partial charge < -0.3 is 15.0 Å². The van der Waals surface area contributed by atoms with E-state index < -0.39 is 6.09 Å². The first-order chi connectivity index (χ1) is 8.18. The third-order valence-electron chi connectivity index (χ3n) is 2.21. The minimum atomic E-state index is -1.02. The number of carbonyl (C=O) groups is 1. The first-order valence-electron chi connectivity index (χ1n) is 4.96. The van der Waals surface area contributed by atoms with Crippen LogP contribution < -0.4 is 5.32 Å². The molecule has 0 atom stereocenters. The number of aromatic nitrogens is 4. The van der Waals surface area contributed by atoms with Gasteiger partial charge in [-0.2, -0.15) is 0 Å². The highest BCUT2D eigenvalue weighted by Gasteiger charge is 2.07. The third-order valence-corrected chi connectivity index (χ3v) is 2.49. The Bertz CT molecular complexity index is 541. The fourth-order valence-electron chi connectivity index (χ4n) is 1.46. The van der Waals surface area contributed by atoms with Crippen LogP contribution in [0, 0.1) is 0 Å². The molecule has 2 aromatic heterocycles. The highest BCUT2D eigenvalue weighted by atomic mass is 35.5. The number of aryl methyl sites for hydroxylation is 1. The highest BCUT2D eigenvalue weighted by Crippen LogP contribution is 2.16. The predicted molar refractivity (Wildman–Crippen MR) is 61.0 cm³/mol. The van der Waals surface area contributed by atoms with Crippen LogP contribution in [0.1, 0.15) is 6.42 Å². The summed E-state index contributed by atoms with van der Waals surface area (Å²) < 4.78 is 1.81. The zero-order valence-electron chi connectivity index (χ0n) is 8.80. The maximum atomic E-state index is 10.2. The lowest BCUT2D eigenvalue weighted by atomic mass is 10.4. The van der Waals surface area contributed by atoms with Crippen LogP contribution in [0.2, 0.25) is 5.15 Å². The smallest absolute Gasteiger partial charge is 0.404 e. The van der Waals surface area contributed by atoms with Gasteiger partial charge in [-0.15, -0.1) is 0 Å². The average Bonchev–Trinajstić information content (AvgIpc) is 2.69. The fourth-order valence-corrected chi connectivity index (χ4v) is 1.64. The van der Waals surface area contributed by atoms with Gasteiger partial charge >= 0.3 is 6.09 Å². The van der Waals surface area contributed by atoms with Crippen molar-refractivity contribution in [1.29, 1.82) is 0 Å². The number of imidazole rings is 1. The number of nitrogens with one attached hydrogen (secondary N) is 1. The van der Waals surface area contributed by atoms with Gasteiger partial charge in [0.15, 0.2) is 10.8 Å². The lowest BCUT2D eigenvalue weighted by Crippen LogP contribution is -2.22. The number of hydrogen-bond acceptors (Lipinski definition) is 4. The molecule has 0 spiro atoms. The van der Waals surface area contributed by atoms with Crippen LogP contribution in [0.4, 0.5) is 4.79 Å². The van der Waals surface area contributed by atoms with Gasteiger partial charge in [-0.3, -0.25) is 0 Å². The van der Waals surface area contributed by atoms with Crippen LogP contribution in [0.15, 0.2) is 12.7 Å². The van der Waals surface area contributed by atoms with E-state index in [1.54, 1.807) is 6.33 Å². The number of carboxylic acid groups (broad SMARTS) is 1. The van der Waals surface area contributed by atoms with Gasteiger partial charge in [0.05, 0.1) is 6.33 Å². The second-order valence-electron chi connectivity index (χ2n) is 3.36. The van der Waals surface area contributed by atoms with Crippen molar-refractivity contribution in [3.63, 3.8) is 0 Å². The minimum absolute atomic E-state index is 0.317. The fraction of sp³-hybridized carbons (Fsp3) is 0.333. The van der Waals surface area contributed by atoms with Crippen LogP contribution in [0.5, 0.6) is 0 Å². The Hall–Kier alpha value is -1.89. The molecule has 7 nitrogen and oxygen atoms in total. The van der Waals surface area contributed by atoms with E-state index in [0.29, 0.717) is 35.8 Å². The van der Waals surface area contributed by atoms with Crippen molar-refractivity contribution in [2.75, 3.05) is 6.54 Å². The summed E-state index contributed by atoms with van der Waals surface area (Å²) in [6.45, 7) is 0.998. The topological polar surface area (TPSA) is 92.9 Å². The van der Waals surface area contributed by atoms with E-state index in [2.05, 4.69) is 20.3 Å². The number of fused-ring (bicyclic) bond motifs is 1. The van der Waals surface area contributed by atoms with E-state index in [1.165, 1.54) is 6.33 Å². The van der Waals surface area contributed by atoms with Crippen molar-refractivity contribution in [3.05, 3.63) is 17.8 Å². The Labute approximate surface area is 101 Å². The normalized spacial score (nSPS) is 10.6. The third kappa shape index (κ3) is 2.62. The van der Waals surface area contributed by atoms with Gasteiger partial charge in [-0.1, -0.05) is 11.6 Å². The standard InChI is InChI=1S/C9H10ClN5O2/c10-7-6-8(13-4-12-7)15(5-14-6)3-1-2-11-9(16)17/h4-5,11H,1-3H2,(H,16,17). The second kappa shape index (κ2) is 4.96. The molecule has 0 fully saturated rings. The summed E-state index contributed by atoms with van der Waals surface area (Å²) >= 11 is 5.86. The van der Waals surface area contributed by atoms with Crippen molar-refractivity contribution in [3.8, 4) is 0 Å². The molecule has 17 heavy (non-hydrogen) atoms. The number of hydrogen-bond donors (Lipinski definition) is 2. The molecule has 0 unspecified atom stereocenters. The first kappa shape index (κ1) is 11.6. The van der Waals surface area contributed by atoms with E-state index in [9.17, 15) is 4.79 Å². The van der Waals surface area contributed by atoms with E-state index in [-0.39, 0.29) is 0 Å². The summed E-state index contributed by atoms with van der Waals surface area (Å²) in [4.78, 5) is 22.3. The highest BCUT2D eigenvalue weighted by molar-refractivity contribution is 6.33. The molecular formula is C9H10ClN5O2. The Balaban J connectivity index is 2.04. The van der Waals surface area contributed by atoms with Crippen LogP contribution in [-0.2, 0) is 6.54 Å². The number of halogens is 1. The van der Waals surface area contributed by atoms with Gasteiger partial charge in [-0.25, -0.2) is 19.7 Å². The molecule has 90 valence electrons. The molecule has 1 amide bonds. The predicted octanol–water partition coefficient (Wildman–Crippen LogP) is 1.14. The summed E-state index contributed by atoms with van der Waals surface area (Å²) in [7, 11) is 0. The quantitative estimate of drug-likeness (QED) is 0.631. The number of nitrogens with zero attached hydrogens (tertiary/aromatic N) is 4. The molecule has 2 aromatic rings. The molecule has 0 aliphatic rings. The van der Waals surface area contributed by atoms with Crippen LogP contribution >= 0.6 is 11.6 Å². The Morgan fingerprint density at radius 2 is 2.29 bits per heavy atom. The van der Waals surface area contributed by atoms with Crippen LogP contribution in [-0.4, -0.2) is 37.3 Å². The SMILES string of the molecule is O=C(O)NCCCn1cnc2c(Cl)ncnc21. The molecular weight excluding hydrogens is 246 g/mol.